The number of anilines is 1. The molecule has 3 heterocycles. The van der Waals surface area contributed by atoms with Crippen LogP contribution in [0.25, 0.3) is 0 Å². The van der Waals surface area contributed by atoms with Crippen molar-refractivity contribution >= 4 is 5.69 Å². The highest BCUT2D eigenvalue weighted by atomic mass is 15.2. The third-order valence-corrected chi connectivity index (χ3v) is 4.08. The van der Waals surface area contributed by atoms with E-state index < -0.39 is 0 Å². The second-order valence-corrected chi connectivity index (χ2v) is 5.39. The topological polar surface area (TPSA) is 28.2 Å². The van der Waals surface area contributed by atoms with E-state index in [9.17, 15) is 0 Å². The summed E-state index contributed by atoms with van der Waals surface area (Å²) in [6, 6.07) is 3.57. The minimum absolute atomic E-state index is 0.624. The molecule has 0 saturated carbocycles. The molecule has 2 atom stereocenters. The van der Waals surface area contributed by atoms with Crippen LogP contribution in [0, 0.1) is 6.92 Å². The molecule has 0 radical (unpaired) electrons. The van der Waals surface area contributed by atoms with Crippen LogP contribution in [0.5, 0.6) is 0 Å². The van der Waals surface area contributed by atoms with Crippen LogP contribution < -0.4 is 5.32 Å². The lowest BCUT2D eigenvalue weighted by atomic mass is 9.99. The fourth-order valence-corrected chi connectivity index (χ4v) is 3.26. The summed E-state index contributed by atoms with van der Waals surface area (Å²) < 4.78 is 0. The van der Waals surface area contributed by atoms with Gasteiger partial charge in [0.25, 0.3) is 0 Å². The number of piperidine rings is 1. The zero-order valence-electron chi connectivity index (χ0n) is 10.5. The first-order valence-electron chi connectivity index (χ1n) is 6.75. The Morgan fingerprint density at radius 1 is 1.24 bits per heavy atom. The Kier molecular flexibility index (Phi) is 3.02. The van der Waals surface area contributed by atoms with Gasteiger partial charge in [0.15, 0.2) is 0 Å². The maximum Gasteiger partial charge on any atom is 0.0532 e. The number of aromatic nitrogens is 1. The van der Waals surface area contributed by atoms with E-state index in [0.717, 1.165) is 6.04 Å². The summed E-state index contributed by atoms with van der Waals surface area (Å²) in [7, 11) is 0. The van der Waals surface area contributed by atoms with Gasteiger partial charge in [0.2, 0.25) is 0 Å². The highest BCUT2D eigenvalue weighted by Crippen LogP contribution is 2.29. The van der Waals surface area contributed by atoms with Gasteiger partial charge in [-0.05, 0) is 44.4 Å². The molecule has 0 spiro atoms. The van der Waals surface area contributed by atoms with Crippen molar-refractivity contribution in [2.75, 3.05) is 18.4 Å². The first-order chi connectivity index (χ1) is 8.33. The molecule has 3 rings (SSSR count). The zero-order chi connectivity index (χ0) is 11.7. The Morgan fingerprint density at radius 3 is 3.06 bits per heavy atom. The number of nitrogens with zero attached hydrogens (tertiary/aromatic N) is 2. The average molecular weight is 231 g/mol. The molecule has 17 heavy (non-hydrogen) atoms. The van der Waals surface area contributed by atoms with E-state index in [2.05, 4.69) is 28.2 Å². The number of hydrogen-bond acceptors (Lipinski definition) is 3. The fraction of sp³-hybridized carbons (Fsp3) is 0.643. The molecule has 92 valence electrons. The van der Waals surface area contributed by atoms with Crippen molar-refractivity contribution in [1.82, 2.24) is 9.88 Å². The van der Waals surface area contributed by atoms with E-state index >= 15 is 0 Å². The molecule has 0 aromatic carbocycles. The van der Waals surface area contributed by atoms with Crippen LogP contribution in [-0.2, 0) is 0 Å². The number of hydrogen-bond donors (Lipinski definition) is 1. The fourth-order valence-electron chi connectivity index (χ4n) is 3.26. The number of aryl methyl sites for hydroxylation is 1. The predicted molar refractivity (Wildman–Crippen MR) is 70.2 cm³/mol. The van der Waals surface area contributed by atoms with Crippen LogP contribution in [0.2, 0.25) is 0 Å². The van der Waals surface area contributed by atoms with Gasteiger partial charge in [-0.1, -0.05) is 6.42 Å². The monoisotopic (exact) mass is 231 g/mol. The summed E-state index contributed by atoms with van der Waals surface area (Å²) in [5.74, 6) is 0. The lowest BCUT2D eigenvalue weighted by Gasteiger charge is -2.32. The first kappa shape index (κ1) is 11.0. The molecule has 2 fully saturated rings. The molecule has 2 aliphatic rings. The molecular formula is C14H21N3. The van der Waals surface area contributed by atoms with Crippen LogP contribution in [0.3, 0.4) is 0 Å². The number of fused-ring (bicyclic) bond motifs is 1. The molecule has 3 heteroatoms. The van der Waals surface area contributed by atoms with Crippen LogP contribution in [0.1, 0.15) is 31.2 Å². The Balaban J connectivity index is 1.69. The van der Waals surface area contributed by atoms with Gasteiger partial charge in [-0.3, -0.25) is 9.88 Å². The number of rotatable bonds is 2. The molecule has 1 N–H and O–H groups in total. The summed E-state index contributed by atoms with van der Waals surface area (Å²) in [4.78, 5) is 6.91. The van der Waals surface area contributed by atoms with E-state index in [0.29, 0.717) is 6.04 Å². The summed E-state index contributed by atoms with van der Waals surface area (Å²) in [5, 5.41) is 3.68. The summed E-state index contributed by atoms with van der Waals surface area (Å²) in [6.45, 7) is 4.66. The van der Waals surface area contributed by atoms with E-state index in [1.807, 2.05) is 12.4 Å². The Morgan fingerprint density at radius 2 is 2.18 bits per heavy atom. The summed E-state index contributed by atoms with van der Waals surface area (Å²) >= 11 is 0. The van der Waals surface area contributed by atoms with Gasteiger partial charge < -0.3 is 5.32 Å². The lowest BCUT2D eigenvalue weighted by molar-refractivity contribution is 0.193. The molecule has 0 amide bonds. The number of pyridine rings is 1. The standard InChI is InChI=1S/C14H21N3/c1-11-8-12(10-15-9-11)16-13-5-7-17-6-3-2-4-14(13)17/h8-10,13-14,16H,2-7H2,1H3. The van der Waals surface area contributed by atoms with Crippen molar-refractivity contribution in [3.8, 4) is 0 Å². The Labute approximate surface area is 103 Å². The van der Waals surface area contributed by atoms with Crippen molar-refractivity contribution in [3.05, 3.63) is 24.0 Å². The quantitative estimate of drug-likeness (QED) is 0.847. The van der Waals surface area contributed by atoms with Gasteiger partial charge in [-0.2, -0.15) is 0 Å². The second kappa shape index (κ2) is 4.65. The summed E-state index contributed by atoms with van der Waals surface area (Å²) in [5.41, 5.74) is 2.41. The lowest BCUT2D eigenvalue weighted by Crippen LogP contribution is -2.41. The maximum absolute atomic E-state index is 4.25. The van der Waals surface area contributed by atoms with Crippen molar-refractivity contribution in [2.45, 2.75) is 44.7 Å². The van der Waals surface area contributed by atoms with Crippen LogP contribution in [0.4, 0.5) is 5.69 Å². The van der Waals surface area contributed by atoms with Crippen LogP contribution in [-0.4, -0.2) is 35.1 Å². The zero-order valence-corrected chi connectivity index (χ0v) is 10.5. The normalized spacial score (nSPS) is 29.0. The number of nitrogens with one attached hydrogen (secondary N) is 1. The largest absolute Gasteiger partial charge is 0.379 e. The van der Waals surface area contributed by atoms with Gasteiger partial charge in [0.05, 0.1) is 5.69 Å². The molecule has 2 unspecified atom stereocenters. The third kappa shape index (κ3) is 2.29. The van der Waals surface area contributed by atoms with E-state index in [-0.39, 0.29) is 0 Å². The Bertz CT molecular complexity index is 391. The molecule has 2 saturated heterocycles. The SMILES string of the molecule is Cc1cncc(NC2CCN3CCCCC23)c1. The van der Waals surface area contributed by atoms with E-state index in [1.54, 1.807) is 0 Å². The van der Waals surface area contributed by atoms with Gasteiger partial charge in [0.1, 0.15) is 0 Å². The van der Waals surface area contributed by atoms with Crippen LogP contribution >= 0.6 is 0 Å². The van der Waals surface area contributed by atoms with Crippen molar-refractivity contribution in [3.63, 3.8) is 0 Å². The third-order valence-electron chi connectivity index (χ3n) is 4.08. The predicted octanol–water partition coefficient (Wildman–Crippen LogP) is 2.43. The van der Waals surface area contributed by atoms with Gasteiger partial charge in [0, 0.05) is 31.0 Å². The van der Waals surface area contributed by atoms with E-state index in [1.165, 1.54) is 50.0 Å². The minimum atomic E-state index is 0.624. The minimum Gasteiger partial charge on any atom is -0.379 e. The van der Waals surface area contributed by atoms with Gasteiger partial charge in [-0.25, -0.2) is 0 Å². The average Bonchev–Trinajstić information content (AvgIpc) is 2.73. The molecule has 0 bridgehead atoms. The maximum atomic E-state index is 4.25. The van der Waals surface area contributed by atoms with Crippen molar-refractivity contribution < 1.29 is 0 Å². The first-order valence-corrected chi connectivity index (χ1v) is 6.75. The van der Waals surface area contributed by atoms with Gasteiger partial charge >= 0.3 is 0 Å². The second-order valence-electron chi connectivity index (χ2n) is 5.39. The van der Waals surface area contributed by atoms with E-state index in [4.69, 9.17) is 0 Å². The molecule has 2 aliphatic heterocycles. The molecule has 1 aromatic heterocycles. The Hall–Kier alpha value is -1.09. The van der Waals surface area contributed by atoms with Crippen LogP contribution in [0.15, 0.2) is 18.5 Å². The smallest absolute Gasteiger partial charge is 0.0532 e. The van der Waals surface area contributed by atoms with Gasteiger partial charge in [-0.15, -0.1) is 0 Å². The summed E-state index contributed by atoms with van der Waals surface area (Å²) in [6.07, 6.45) is 9.27. The van der Waals surface area contributed by atoms with Crippen molar-refractivity contribution in [2.24, 2.45) is 0 Å². The highest BCUT2D eigenvalue weighted by Gasteiger charge is 2.35. The molecule has 0 aliphatic carbocycles. The molecular weight excluding hydrogens is 210 g/mol. The highest BCUT2D eigenvalue weighted by molar-refractivity contribution is 5.44. The van der Waals surface area contributed by atoms with Crippen molar-refractivity contribution in [1.29, 1.82) is 0 Å². The molecule has 1 aromatic rings. The molecule has 3 nitrogen and oxygen atoms in total.